The Morgan fingerprint density at radius 2 is 1.62 bits per heavy atom. The van der Waals surface area contributed by atoms with E-state index in [9.17, 15) is 9.18 Å². The summed E-state index contributed by atoms with van der Waals surface area (Å²) in [6.07, 6.45) is 0.484. The summed E-state index contributed by atoms with van der Waals surface area (Å²) in [5, 5.41) is 0. The summed E-state index contributed by atoms with van der Waals surface area (Å²) in [5.74, 6) is -0.181. The molecular weight excluding hydrogens is 301 g/mol. The second-order valence-electron chi connectivity index (χ2n) is 6.36. The van der Waals surface area contributed by atoms with Gasteiger partial charge in [0.2, 0.25) is 0 Å². The van der Waals surface area contributed by atoms with Crippen LogP contribution in [0.5, 0.6) is 0 Å². The predicted molar refractivity (Wildman–Crippen MR) is 91.1 cm³/mol. The SMILES string of the molecule is O=C1c2ccccc2N2c3ccc(F)cc3CC12c1ccccc1. The zero-order valence-corrected chi connectivity index (χ0v) is 12.9. The van der Waals surface area contributed by atoms with Gasteiger partial charge in [0.15, 0.2) is 5.78 Å². The van der Waals surface area contributed by atoms with Gasteiger partial charge in [-0.3, -0.25) is 4.79 Å². The molecule has 1 atom stereocenters. The first-order chi connectivity index (χ1) is 11.7. The Bertz CT molecular complexity index is 982. The number of carbonyl (C=O) groups is 1. The highest BCUT2D eigenvalue weighted by atomic mass is 19.1. The number of halogens is 1. The van der Waals surface area contributed by atoms with Crippen molar-refractivity contribution in [2.24, 2.45) is 0 Å². The summed E-state index contributed by atoms with van der Waals surface area (Å²) in [5.41, 5.74) is 3.57. The second-order valence-corrected chi connectivity index (χ2v) is 6.36. The third-order valence-corrected chi connectivity index (χ3v) is 5.13. The average molecular weight is 315 g/mol. The maximum absolute atomic E-state index is 13.8. The van der Waals surface area contributed by atoms with Crippen molar-refractivity contribution in [3.05, 3.63) is 95.3 Å². The summed E-state index contributed by atoms with van der Waals surface area (Å²) in [4.78, 5) is 15.5. The van der Waals surface area contributed by atoms with Crippen molar-refractivity contribution >= 4 is 17.2 Å². The van der Waals surface area contributed by atoms with Crippen LogP contribution >= 0.6 is 0 Å². The summed E-state index contributed by atoms with van der Waals surface area (Å²) < 4.78 is 13.8. The normalized spacial score (nSPS) is 20.7. The van der Waals surface area contributed by atoms with E-state index >= 15 is 0 Å². The minimum Gasteiger partial charge on any atom is -0.322 e. The van der Waals surface area contributed by atoms with E-state index in [1.54, 1.807) is 12.1 Å². The van der Waals surface area contributed by atoms with Crippen molar-refractivity contribution in [3.63, 3.8) is 0 Å². The van der Waals surface area contributed by atoms with E-state index in [-0.39, 0.29) is 11.6 Å². The lowest BCUT2D eigenvalue weighted by atomic mass is 9.82. The van der Waals surface area contributed by atoms with Gasteiger partial charge in [0.05, 0.1) is 5.69 Å². The molecule has 0 radical (unpaired) electrons. The molecule has 2 nitrogen and oxygen atoms in total. The third kappa shape index (κ3) is 1.51. The minimum atomic E-state index is -0.804. The van der Waals surface area contributed by atoms with Gasteiger partial charge in [-0.05, 0) is 41.5 Å². The van der Waals surface area contributed by atoms with Crippen LogP contribution in [0.4, 0.5) is 15.8 Å². The van der Waals surface area contributed by atoms with Crippen LogP contribution in [0, 0.1) is 5.82 Å². The van der Waals surface area contributed by atoms with Gasteiger partial charge in [-0.25, -0.2) is 4.39 Å². The smallest absolute Gasteiger partial charge is 0.195 e. The molecule has 2 aliphatic heterocycles. The number of fused-ring (bicyclic) bond motifs is 5. The number of para-hydroxylation sites is 1. The Hall–Kier alpha value is -2.94. The van der Waals surface area contributed by atoms with Crippen molar-refractivity contribution in [1.29, 1.82) is 0 Å². The fourth-order valence-corrected chi connectivity index (χ4v) is 4.15. The molecule has 2 aliphatic rings. The topological polar surface area (TPSA) is 20.3 Å². The summed E-state index contributed by atoms with van der Waals surface area (Å²) in [7, 11) is 0. The maximum Gasteiger partial charge on any atom is 0.195 e. The number of anilines is 2. The van der Waals surface area contributed by atoms with Gasteiger partial charge in [0, 0.05) is 17.7 Å². The van der Waals surface area contributed by atoms with Gasteiger partial charge >= 0.3 is 0 Å². The molecule has 2 heterocycles. The summed E-state index contributed by atoms with van der Waals surface area (Å²) in [6, 6.07) is 22.3. The number of rotatable bonds is 1. The van der Waals surface area contributed by atoms with Crippen LogP contribution in [-0.4, -0.2) is 5.78 Å². The largest absolute Gasteiger partial charge is 0.322 e. The first-order valence-electron chi connectivity index (χ1n) is 8.00. The van der Waals surface area contributed by atoms with E-state index in [2.05, 4.69) is 4.90 Å². The van der Waals surface area contributed by atoms with Gasteiger partial charge in [0.1, 0.15) is 11.4 Å². The Balaban J connectivity index is 1.85. The number of Topliss-reactive ketones (excluding diaryl/α,β-unsaturated/α-hetero) is 1. The molecule has 1 unspecified atom stereocenters. The molecular formula is C21H14FNO. The van der Waals surface area contributed by atoms with E-state index in [4.69, 9.17) is 0 Å². The van der Waals surface area contributed by atoms with Gasteiger partial charge in [-0.2, -0.15) is 0 Å². The predicted octanol–water partition coefficient (Wildman–Crippen LogP) is 4.61. The Kier molecular flexibility index (Phi) is 2.55. The van der Waals surface area contributed by atoms with Crippen LogP contribution < -0.4 is 4.90 Å². The highest BCUT2D eigenvalue weighted by Gasteiger charge is 2.57. The van der Waals surface area contributed by atoms with Crippen LogP contribution in [0.1, 0.15) is 21.5 Å². The number of ketones is 1. The highest BCUT2D eigenvalue weighted by Crippen LogP contribution is 2.56. The lowest BCUT2D eigenvalue weighted by molar-refractivity contribution is 0.0909. The molecule has 0 spiro atoms. The zero-order valence-electron chi connectivity index (χ0n) is 12.9. The van der Waals surface area contributed by atoms with Gasteiger partial charge in [-0.1, -0.05) is 42.5 Å². The quantitative estimate of drug-likeness (QED) is 0.653. The fourth-order valence-electron chi connectivity index (χ4n) is 4.15. The monoisotopic (exact) mass is 315 g/mol. The molecule has 0 fully saturated rings. The molecule has 0 saturated heterocycles. The second kappa shape index (κ2) is 4.54. The molecule has 24 heavy (non-hydrogen) atoms. The van der Waals surface area contributed by atoms with E-state index in [1.807, 2.05) is 54.6 Å². The van der Waals surface area contributed by atoms with Gasteiger partial charge < -0.3 is 4.90 Å². The van der Waals surface area contributed by atoms with Crippen molar-refractivity contribution in [2.45, 2.75) is 12.0 Å². The number of benzene rings is 3. The van der Waals surface area contributed by atoms with Gasteiger partial charge in [0.25, 0.3) is 0 Å². The van der Waals surface area contributed by atoms with E-state index in [0.29, 0.717) is 6.42 Å². The van der Waals surface area contributed by atoms with Gasteiger partial charge in [-0.15, -0.1) is 0 Å². The Labute approximate surface area is 139 Å². The molecule has 0 bridgehead atoms. The van der Waals surface area contributed by atoms with Crippen molar-refractivity contribution in [1.82, 2.24) is 0 Å². The first kappa shape index (κ1) is 13.5. The highest BCUT2D eigenvalue weighted by molar-refractivity contribution is 6.17. The molecule has 0 amide bonds. The average Bonchev–Trinajstić information content (AvgIpc) is 3.08. The lowest BCUT2D eigenvalue weighted by Crippen LogP contribution is -2.43. The molecule has 116 valence electrons. The summed E-state index contributed by atoms with van der Waals surface area (Å²) in [6.45, 7) is 0. The van der Waals surface area contributed by atoms with Crippen molar-refractivity contribution in [2.75, 3.05) is 4.90 Å². The number of hydrogen-bond donors (Lipinski definition) is 0. The number of carbonyl (C=O) groups excluding carboxylic acids is 1. The molecule has 0 N–H and O–H groups in total. The standard InChI is InChI=1S/C21H14FNO/c22-16-10-11-18-14(12-16)13-21(15-6-2-1-3-7-15)20(24)17-8-4-5-9-19(17)23(18)21/h1-12H,13H2. The van der Waals surface area contributed by atoms with Crippen LogP contribution in [0.3, 0.4) is 0 Å². The lowest BCUT2D eigenvalue weighted by Gasteiger charge is -2.33. The fraction of sp³-hybridized carbons (Fsp3) is 0.0952. The molecule has 0 aliphatic carbocycles. The molecule has 0 aromatic heterocycles. The number of nitrogens with zero attached hydrogens (tertiary/aromatic N) is 1. The third-order valence-electron chi connectivity index (χ3n) is 5.13. The molecule has 0 saturated carbocycles. The summed E-state index contributed by atoms with van der Waals surface area (Å²) >= 11 is 0. The van der Waals surface area contributed by atoms with Crippen LogP contribution in [0.15, 0.2) is 72.8 Å². The Morgan fingerprint density at radius 1 is 0.875 bits per heavy atom. The van der Waals surface area contributed by atoms with Crippen LogP contribution in [0.25, 0.3) is 0 Å². The molecule has 3 aromatic rings. The van der Waals surface area contributed by atoms with Crippen LogP contribution in [-0.2, 0) is 12.0 Å². The molecule has 5 rings (SSSR count). The van der Waals surface area contributed by atoms with Crippen molar-refractivity contribution in [3.8, 4) is 0 Å². The first-order valence-corrected chi connectivity index (χ1v) is 8.00. The van der Waals surface area contributed by atoms with Crippen molar-refractivity contribution < 1.29 is 9.18 Å². The molecule has 3 heteroatoms. The minimum absolute atomic E-state index is 0.0842. The molecule has 3 aromatic carbocycles. The van der Waals surface area contributed by atoms with E-state index in [0.717, 1.165) is 28.1 Å². The number of hydrogen-bond acceptors (Lipinski definition) is 2. The van der Waals surface area contributed by atoms with Crippen LogP contribution in [0.2, 0.25) is 0 Å². The van der Waals surface area contributed by atoms with E-state index < -0.39 is 5.54 Å². The zero-order chi connectivity index (χ0) is 16.3. The van der Waals surface area contributed by atoms with E-state index in [1.165, 1.54) is 6.07 Å². The Morgan fingerprint density at radius 3 is 2.46 bits per heavy atom. The maximum atomic E-state index is 13.8.